The maximum atomic E-state index is 11.3. The van der Waals surface area contributed by atoms with E-state index in [-0.39, 0.29) is 25.6 Å². The van der Waals surface area contributed by atoms with Crippen LogP contribution in [0.25, 0.3) is 10.8 Å². The number of methoxy groups -OCH3 is 1. The van der Waals surface area contributed by atoms with Crippen molar-refractivity contribution < 1.29 is 9.66 Å². The Balaban J connectivity index is 2.07. The third-order valence-electron chi connectivity index (χ3n) is 3.33. The van der Waals surface area contributed by atoms with Crippen LogP contribution in [0.15, 0.2) is 60.7 Å². The molecule has 5 heteroatoms. The second kappa shape index (κ2) is 6.18. The van der Waals surface area contributed by atoms with Crippen LogP contribution in [0.4, 0.5) is 5.69 Å². The average molecular weight is 358 g/mol. The Hall–Kier alpha value is -2.36. The van der Waals surface area contributed by atoms with Gasteiger partial charge in [0.2, 0.25) is 0 Å². The van der Waals surface area contributed by atoms with Gasteiger partial charge in [0.15, 0.2) is 0 Å². The van der Waals surface area contributed by atoms with Crippen molar-refractivity contribution in [2.45, 2.75) is 0 Å². The Morgan fingerprint density at radius 1 is 1.00 bits per heavy atom. The van der Waals surface area contributed by atoms with Gasteiger partial charge < -0.3 is 0 Å². The molecule has 0 heterocycles. The molecule has 0 radical (unpaired) electrons. The van der Waals surface area contributed by atoms with Crippen molar-refractivity contribution >= 4 is 40.3 Å². The molecule has 3 aromatic carbocycles. The minimum absolute atomic E-state index is 0.118. The first-order valence-electron chi connectivity index (χ1n) is 6.67. The number of nitrogens with zero attached hydrogens (tertiary/aromatic N) is 1. The number of nitro benzene ring substituents is 1. The second-order valence-corrected chi connectivity index (χ2v) is 6.94. The van der Waals surface area contributed by atoms with Gasteiger partial charge in [-0.1, -0.05) is 0 Å². The number of hydrogen-bond acceptors (Lipinski definition) is 3. The molecule has 0 bridgehead atoms. The van der Waals surface area contributed by atoms with E-state index in [1.165, 1.54) is 13.2 Å². The summed E-state index contributed by atoms with van der Waals surface area (Å²) in [5.74, 6) is 0.504. The number of fused-ring (bicyclic) bond motifs is 1. The Kier molecular flexibility index (Phi) is 4.09. The molecule has 4 nitrogen and oxygen atoms in total. The summed E-state index contributed by atoms with van der Waals surface area (Å²) in [6.07, 6.45) is 0. The van der Waals surface area contributed by atoms with Gasteiger partial charge in [-0.25, -0.2) is 0 Å². The zero-order valence-corrected chi connectivity index (χ0v) is 13.6. The van der Waals surface area contributed by atoms with E-state index in [0.29, 0.717) is 5.75 Å². The molecular weight excluding hydrogens is 345 g/mol. The molecule has 0 aliphatic heterocycles. The molecule has 0 atom stereocenters. The zero-order chi connectivity index (χ0) is 15.5. The van der Waals surface area contributed by atoms with Crippen LogP contribution in [0, 0.1) is 10.1 Å². The fourth-order valence-corrected chi connectivity index (χ4v) is 4.47. The van der Waals surface area contributed by atoms with Gasteiger partial charge in [-0.15, -0.1) is 0 Å². The van der Waals surface area contributed by atoms with Gasteiger partial charge in [0.1, 0.15) is 0 Å². The molecule has 3 aromatic rings. The van der Waals surface area contributed by atoms with Gasteiger partial charge in [0.05, 0.1) is 0 Å². The Morgan fingerprint density at radius 2 is 1.77 bits per heavy atom. The fourth-order valence-electron chi connectivity index (χ4n) is 2.26. The number of ether oxygens (including phenoxy) is 1. The van der Waals surface area contributed by atoms with Crippen LogP contribution in [0.2, 0.25) is 0 Å². The molecule has 0 saturated heterocycles. The van der Waals surface area contributed by atoms with E-state index in [0.717, 1.165) is 19.7 Å². The van der Waals surface area contributed by atoms with Crippen LogP contribution in [0.3, 0.4) is 0 Å². The van der Waals surface area contributed by atoms with Crippen LogP contribution in [0.5, 0.6) is 5.75 Å². The van der Waals surface area contributed by atoms with Crippen LogP contribution in [-0.4, -0.2) is 27.0 Å². The van der Waals surface area contributed by atoms with Crippen molar-refractivity contribution in [3.63, 3.8) is 0 Å². The van der Waals surface area contributed by atoms with Gasteiger partial charge in [-0.05, 0) is 0 Å². The standard InChI is InChI=1S/C17H13NO3Se/c1-21-13-9-10-17(15(11-13)18(19)20)22-16-8-4-6-12-5-2-3-7-14(12)16/h2-11H,1H3. The summed E-state index contributed by atoms with van der Waals surface area (Å²) in [4.78, 5) is 11.0. The molecule has 3 rings (SSSR count). The van der Waals surface area contributed by atoms with E-state index in [1.54, 1.807) is 12.1 Å². The van der Waals surface area contributed by atoms with Crippen LogP contribution >= 0.6 is 0 Å². The van der Waals surface area contributed by atoms with Gasteiger partial charge in [-0.2, -0.15) is 0 Å². The first-order chi connectivity index (χ1) is 10.7. The second-order valence-electron chi connectivity index (χ2n) is 4.67. The summed E-state index contributed by atoms with van der Waals surface area (Å²) in [7, 11) is 1.51. The fraction of sp³-hybridized carbons (Fsp3) is 0.0588. The first-order valence-corrected chi connectivity index (χ1v) is 8.38. The molecule has 0 fully saturated rings. The SMILES string of the molecule is COc1ccc([Se]c2cccc3ccccc23)c([N+](=O)[O-])c1. The third-order valence-corrected chi connectivity index (χ3v) is 5.73. The summed E-state index contributed by atoms with van der Waals surface area (Å²) < 4.78 is 6.97. The molecule has 0 aliphatic carbocycles. The van der Waals surface area contributed by atoms with Crippen LogP contribution < -0.4 is 13.7 Å². The van der Waals surface area contributed by atoms with Crippen molar-refractivity contribution in [1.82, 2.24) is 0 Å². The van der Waals surface area contributed by atoms with Gasteiger partial charge in [0, 0.05) is 0 Å². The van der Waals surface area contributed by atoms with Crippen molar-refractivity contribution in [2.24, 2.45) is 0 Å². The summed E-state index contributed by atoms with van der Waals surface area (Å²) >= 11 is -0.143. The molecule has 0 N–H and O–H groups in total. The number of hydrogen-bond donors (Lipinski definition) is 0. The Labute approximate surface area is 134 Å². The predicted octanol–water partition coefficient (Wildman–Crippen LogP) is 2.41. The van der Waals surface area contributed by atoms with Gasteiger partial charge in [0.25, 0.3) is 0 Å². The van der Waals surface area contributed by atoms with E-state index < -0.39 is 0 Å². The molecule has 22 heavy (non-hydrogen) atoms. The minimum atomic E-state index is -0.343. The molecule has 0 aliphatic rings. The predicted molar refractivity (Wildman–Crippen MR) is 88.6 cm³/mol. The average Bonchev–Trinajstić information content (AvgIpc) is 2.55. The van der Waals surface area contributed by atoms with E-state index in [9.17, 15) is 10.1 Å². The summed E-state index contributed by atoms with van der Waals surface area (Å²) in [6.45, 7) is 0. The molecule has 0 saturated carbocycles. The van der Waals surface area contributed by atoms with E-state index in [2.05, 4.69) is 18.2 Å². The number of rotatable bonds is 4. The molecule has 0 spiro atoms. The van der Waals surface area contributed by atoms with E-state index >= 15 is 0 Å². The molecule has 110 valence electrons. The summed E-state index contributed by atoms with van der Waals surface area (Å²) in [5, 5.41) is 13.6. The monoisotopic (exact) mass is 359 g/mol. The molecular formula is C17H13NO3Se. The van der Waals surface area contributed by atoms with Crippen LogP contribution in [-0.2, 0) is 0 Å². The van der Waals surface area contributed by atoms with Gasteiger partial charge in [-0.3, -0.25) is 0 Å². The molecule has 0 aromatic heterocycles. The van der Waals surface area contributed by atoms with Crippen molar-refractivity contribution in [3.8, 4) is 5.75 Å². The topological polar surface area (TPSA) is 52.4 Å². The summed E-state index contributed by atoms with van der Waals surface area (Å²) in [6, 6.07) is 19.2. The molecule has 0 amide bonds. The van der Waals surface area contributed by atoms with Crippen molar-refractivity contribution in [3.05, 3.63) is 70.8 Å². The quantitative estimate of drug-likeness (QED) is 0.409. The van der Waals surface area contributed by atoms with E-state index in [4.69, 9.17) is 4.74 Å². The molecule has 0 unspecified atom stereocenters. The Morgan fingerprint density at radius 3 is 2.55 bits per heavy atom. The maximum absolute atomic E-state index is 11.3. The van der Waals surface area contributed by atoms with Gasteiger partial charge >= 0.3 is 134 Å². The third kappa shape index (κ3) is 2.82. The zero-order valence-electron chi connectivity index (χ0n) is 11.9. The van der Waals surface area contributed by atoms with Crippen molar-refractivity contribution in [2.75, 3.05) is 7.11 Å². The first kappa shape index (κ1) is 14.6. The normalized spacial score (nSPS) is 10.6. The van der Waals surface area contributed by atoms with Crippen LogP contribution in [0.1, 0.15) is 0 Å². The number of nitro groups is 1. The number of benzene rings is 3. The Bertz CT molecular complexity index is 843. The van der Waals surface area contributed by atoms with E-state index in [1.807, 2.05) is 24.3 Å². The van der Waals surface area contributed by atoms with Crippen molar-refractivity contribution in [1.29, 1.82) is 0 Å². The summed E-state index contributed by atoms with van der Waals surface area (Å²) in [5.41, 5.74) is 0.118.